The molecule has 8 nitrogen and oxygen atoms in total. The van der Waals surface area contributed by atoms with Crippen LogP contribution in [-0.4, -0.2) is 24.6 Å². The van der Waals surface area contributed by atoms with Crippen LogP contribution in [0.2, 0.25) is 0 Å². The second kappa shape index (κ2) is 7.54. The van der Waals surface area contributed by atoms with Crippen LogP contribution in [0.25, 0.3) is 11.3 Å². The summed E-state index contributed by atoms with van der Waals surface area (Å²) in [6.45, 7) is 1.96. The van der Waals surface area contributed by atoms with Gasteiger partial charge in [0.05, 0.1) is 11.9 Å². The highest BCUT2D eigenvalue weighted by Gasteiger charge is 2.14. The fraction of sp³-hybridized carbons (Fsp3) is 0.105. The highest BCUT2D eigenvalue weighted by atomic mass is 32.2. The molecule has 3 rings (SSSR count). The lowest BCUT2D eigenvalue weighted by atomic mass is 10.1. The van der Waals surface area contributed by atoms with E-state index in [0.717, 1.165) is 17.5 Å². The summed E-state index contributed by atoms with van der Waals surface area (Å²) in [7, 11) is -3.40. The number of aromatic nitrogens is 2. The van der Waals surface area contributed by atoms with Gasteiger partial charge in [-0.05, 0) is 31.2 Å². The number of sulfonamides is 1. The monoisotopic (exact) mass is 395 g/mol. The number of anilines is 3. The first-order valence-electron chi connectivity index (χ1n) is 8.21. The number of nitrogens with zero attached hydrogens (tertiary/aromatic N) is 2. The summed E-state index contributed by atoms with van der Waals surface area (Å²) in [6.07, 6.45) is 1.05. The number of hydrogen-bond acceptors (Lipinski definition) is 6. The molecule has 0 amide bonds. The molecule has 0 saturated heterocycles. The molecule has 0 bridgehead atoms. The lowest BCUT2D eigenvalue weighted by molar-refractivity contribution is 0.607. The van der Waals surface area contributed by atoms with E-state index in [1.807, 2.05) is 37.3 Å². The quantitative estimate of drug-likeness (QED) is 0.609. The molecule has 28 heavy (non-hydrogen) atoms. The summed E-state index contributed by atoms with van der Waals surface area (Å²) in [5.74, 6) is 0.196. The normalized spacial score (nSPS) is 10.9. The number of aromatic amines is 1. The Kier molecular flexibility index (Phi) is 5.15. The van der Waals surface area contributed by atoms with Gasteiger partial charge in [0.2, 0.25) is 16.0 Å². The van der Waals surface area contributed by atoms with Gasteiger partial charge in [0.1, 0.15) is 11.6 Å². The average Bonchev–Trinajstić information content (AvgIpc) is 2.62. The zero-order valence-electron chi connectivity index (χ0n) is 15.1. The van der Waals surface area contributed by atoms with Crippen LogP contribution in [0.5, 0.6) is 0 Å². The lowest BCUT2D eigenvalue weighted by Gasteiger charge is -2.10. The SMILES string of the molecule is Cc1ccc(Nc2nc(-c3ccc(NS(C)(=O)=O)cc3)c(C#N)c(=O)[nH]2)cc1. The first kappa shape index (κ1) is 19.1. The number of aryl methyl sites for hydroxylation is 1. The number of hydrogen-bond donors (Lipinski definition) is 3. The maximum atomic E-state index is 12.3. The first-order chi connectivity index (χ1) is 13.2. The van der Waals surface area contributed by atoms with Crippen molar-refractivity contribution in [1.29, 1.82) is 5.26 Å². The zero-order chi connectivity index (χ0) is 20.3. The Labute approximate surface area is 161 Å². The second-order valence-corrected chi connectivity index (χ2v) is 7.94. The van der Waals surface area contributed by atoms with Crippen molar-refractivity contribution in [3.63, 3.8) is 0 Å². The minimum absolute atomic E-state index is 0.127. The summed E-state index contributed by atoms with van der Waals surface area (Å²) < 4.78 is 25.0. The molecule has 0 radical (unpaired) electrons. The molecule has 0 saturated carbocycles. The Balaban J connectivity index is 1.99. The molecule has 142 valence electrons. The molecule has 1 heterocycles. The summed E-state index contributed by atoms with van der Waals surface area (Å²) in [5, 5.41) is 12.4. The predicted molar refractivity (Wildman–Crippen MR) is 108 cm³/mol. The van der Waals surface area contributed by atoms with E-state index in [2.05, 4.69) is 20.0 Å². The fourth-order valence-electron chi connectivity index (χ4n) is 2.53. The van der Waals surface area contributed by atoms with Gasteiger partial charge in [-0.2, -0.15) is 5.26 Å². The maximum Gasteiger partial charge on any atom is 0.270 e. The molecule has 0 aliphatic rings. The number of benzene rings is 2. The Hall–Kier alpha value is -3.64. The van der Waals surface area contributed by atoms with E-state index in [0.29, 0.717) is 11.3 Å². The standard InChI is InChI=1S/C19H17N5O3S/c1-12-3-7-14(8-4-12)21-19-22-17(16(11-20)18(25)23-19)13-5-9-15(10-6-13)24-28(2,26)27/h3-10,24H,1-2H3,(H2,21,22,23,25). The smallest absolute Gasteiger partial charge is 0.270 e. The van der Waals surface area contributed by atoms with Crippen molar-refractivity contribution in [2.45, 2.75) is 6.92 Å². The van der Waals surface area contributed by atoms with E-state index >= 15 is 0 Å². The van der Waals surface area contributed by atoms with E-state index in [1.165, 1.54) is 12.1 Å². The van der Waals surface area contributed by atoms with Crippen molar-refractivity contribution in [3.05, 3.63) is 70.0 Å². The van der Waals surface area contributed by atoms with Gasteiger partial charge in [0.15, 0.2) is 0 Å². The molecule has 1 aromatic heterocycles. The summed E-state index contributed by atoms with van der Waals surface area (Å²) in [5.41, 5.74) is 2.21. The second-order valence-electron chi connectivity index (χ2n) is 6.19. The summed E-state index contributed by atoms with van der Waals surface area (Å²) in [6, 6.07) is 15.6. The van der Waals surface area contributed by atoms with E-state index in [1.54, 1.807) is 12.1 Å². The molecule has 2 aromatic carbocycles. The van der Waals surface area contributed by atoms with Crippen molar-refractivity contribution < 1.29 is 8.42 Å². The number of rotatable bonds is 5. The average molecular weight is 395 g/mol. The van der Waals surface area contributed by atoms with E-state index < -0.39 is 15.6 Å². The number of nitriles is 1. The van der Waals surface area contributed by atoms with Crippen LogP contribution in [0.1, 0.15) is 11.1 Å². The van der Waals surface area contributed by atoms with Gasteiger partial charge in [0.25, 0.3) is 5.56 Å². The van der Waals surface area contributed by atoms with E-state index in [-0.39, 0.29) is 17.2 Å². The maximum absolute atomic E-state index is 12.3. The highest BCUT2D eigenvalue weighted by molar-refractivity contribution is 7.92. The van der Waals surface area contributed by atoms with Crippen LogP contribution in [0.3, 0.4) is 0 Å². The van der Waals surface area contributed by atoms with Crippen LogP contribution in [0.15, 0.2) is 53.3 Å². The fourth-order valence-corrected chi connectivity index (χ4v) is 3.09. The van der Waals surface area contributed by atoms with Crippen molar-refractivity contribution in [2.75, 3.05) is 16.3 Å². The Morgan fingerprint density at radius 2 is 1.64 bits per heavy atom. The number of nitrogens with one attached hydrogen (secondary N) is 3. The zero-order valence-corrected chi connectivity index (χ0v) is 16.0. The minimum Gasteiger partial charge on any atom is -0.326 e. The molecule has 3 aromatic rings. The van der Waals surface area contributed by atoms with Gasteiger partial charge in [-0.3, -0.25) is 14.5 Å². The van der Waals surface area contributed by atoms with Gasteiger partial charge in [0, 0.05) is 16.9 Å². The van der Waals surface area contributed by atoms with Crippen LogP contribution < -0.4 is 15.6 Å². The first-order valence-corrected chi connectivity index (χ1v) is 10.1. The van der Waals surface area contributed by atoms with Gasteiger partial charge in [-0.1, -0.05) is 29.8 Å². The van der Waals surface area contributed by atoms with Crippen molar-refractivity contribution in [3.8, 4) is 17.3 Å². The van der Waals surface area contributed by atoms with Gasteiger partial charge >= 0.3 is 0 Å². The van der Waals surface area contributed by atoms with Gasteiger partial charge in [-0.25, -0.2) is 13.4 Å². The molecule has 0 spiro atoms. The Bertz CT molecular complexity index is 1210. The molecule has 0 atom stereocenters. The van der Waals surface area contributed by atoms with Crippen LogP contribution in [-0.2, 0) is 10.0 Å². The van der Waals surface area contributed by atoms with Crippen LogP contribution in [0, 0.1) is 18.3 Å². The molecular weight excluding hydrogens is 378 g/mol. The van der Waals surface area contributed by atoms with Crippen molar-refractivity contribution >= 4 is 27.3 Å². The molecule has 0 aliphatic carbocycles. The third kappa shape index (κ3) is 4.55. The van der Waals surface area contributed by atoms with E-state index in [9.17, 15) is 18.5 Å². The van der Waals surface area contributed by atoms with Crippen molar-refractivity contribution in [2.24, 2.45) is 0 Å². The third-order valence-electron chi connectivity index (χ3n) is 3.81. The van der Waals surface area contributed by atoms with Crippen LogP contribution in [0.4, 0.5) is 17.3 Å². The topological polar surface area (TPSA) is 128 Å². The summed E-state index contributed by atoms with van der Waals surface area (Å²) >= 11 is 0. The highest BCUT2D eigenvalue weighted by Crippen LogP contribution is 2.23. The largest absolute Gasteiger partial charge is 0.326 e. The van der Waals surface area contributed by atoms with Crippen LogP contribution >= 0.6 is 0 Å². The summed E-state index contributed by atoms with van der Waals surface area (Å²) in [4.78, 5) is 19.2. The van der Waals surface area contributed by atoms with Gasteiger partial charge < -0.3 is 5.32 Å². The van der Waals surface area contributed by atoms with E-state index in [4.69, 9.17) is 0 Å². The molecule has 9 heteroatoms. The Morgan fingerprint density at radius 3 is 2.21 bits per heavy atom. The van der Waals surface area contributed by atoms with Gasteiger partial charge in [-0.15, -0.1) is 0 Å². The molecule has 0 unspecified atom stereocenters. The third-order valence-corrected chi connectivity index (χ3v) is 4.41. The molecule has 3 N–H and O–H groups in total. The molecular formula is C19H17N5O3S. The Morgan fingerprint density at radius 1 is 1.04 bits per heavy atom. The minimum atomic E-state index is -3.40. The lowest BCUT2D eigenvalue weighted by Crippen LogP contribution is -2.16. The molecule has 0 aliphatic heterocycles. The predicted octanol–water partition coefficient (Wildman–Crippen LogP) is 2.73. The number of H-pyrrole nitrogens is 1. The molecule has 0 fully saturated rings. The van der Waals surface area contributed by atoms with Crippen molar-refractivity contribution in [1.82, 2.24) is 9.97 Å².